The Hall–Kier alpha value is -2.18. The molecule has 0 saturated carbocycles. The number of hydrogen-bond donors (Lipinski definition) is 1. The highest BCUT2D eigenvalue weighted by Crippen LogP contribution is 2.25. The van der Waals surface area contributed by atoms with E-state index in [4.69, 9.17) is 0 Å². The van der Waals surface area contributed by atoms with E-state index in [9.17, 15) is 4.79 Å². The van der Waals surface area contributed by atoms with Gasteiger partial charge in [0, 0.05) is 26.1 Å². The molecule has 0 aliphatic carbocycles. The molecule has 2 aromatic heterocycles. The molecule has 0 spiro atoms. The third-order valence-corrected chi connectivity index (χ3v) is 4.00. The summed E-state index contributed by atoms with van der Waals surface area (Å²) in [7, 11) is 1.84. The molecule has 22 heavy (non-hydrogen) atoms. The summed E-state index contributed by atoms with van der Waals surface area (Å²) in [6, 6.07) is 0.111. The number of piperidine rings is 1. The van der Waals surface area contributed by atoms with Gasteiger partial charge in [-0.25, -0.2) is 14.6 Å². The van der Waals surface area contributed by atoms with Crippen LogP contribution in [-0.2, 0) is 10.3 Å². The van der Waals surface area contributed by atoms with Gasteiger partial charge >= 0.3 is 0 Å². The van der Waals surface area contributed by atoms with Crippen molar-refractivity contribution in [3.05, 3.63) is 12.5 Å². The Balaban J connectivity index is 1.89. The lowest BCUT2D eigenvalue weighted by atomic mass is 10.0. The summed E-state index contributed by atoms with van der Waals surface area (Å²) in [6.45, 7) is 7.03. The fourth-order valence-electron chi connectivity index (χ4n) is 2.71. The predicted molar refractivity (Wildman–Crippen MR) is 84.6 cm³/mol. The minimum atomic E-state index is -0.142. The third kappa shape index (κ3) is 2.63. The van der Waals surface area contributed by atoms with Gasteiger partial charge < -0.3 is 10.2 Å². The second-order valence-corrected chi connectivity index (χ2v) is 6.84. The number of nitrogens with one attached hydrogen (secondary N) is 1. The first kappa shape index (κ1) is 14.7. The molecule has 1 N–H and O–H groups in total. The fourth-order valence-corrected chi connectivity index (χ4v) is 2.71. The first-order valence-corrected chi connectivity index (χ1v) is 7.56. The van der Waals surface area contributed by atoms with Crippen LogP contribution in [0.4, 0.5) is 5.82 Å². The zero-order chi connectivity index (χ0) is 15.9. The Kier molecular flexibility index (Phi) is 3.50. The number of fused-ring (bicyclic) bond motifs is 1. The van der Waals surface area contributed by atoms with Crippen molar-refractivity contribution in [1.29, 1.82) is 0 Å². The number of carbonyl (C=O) groups is 1. The Morgan fingerprint density at radius 1 is 1.32 bits per heavy atom. The molecular formula is C15H22N6O. The smallest absolute Gasteiger partial charge is 0.224 e. The molecule has 7 heteroatoms. The highest BCUT2D eigenvalue weighted by molar-refractivity contribution is 5.87. The molecule has 3 rings (SSSR count). The molecule has 2 aromatic rings. The van der Waals surface area contributed by atoms with Crippen molar-refractivity contribution >= 4 is 22.8 Å². The van der Waals surface area contributed by atoms with Gasteiger partial charge in [-0.15, -0.1) is 0 Å². The monoisotopic (exact) mass is 302 g/mol. The maximum absolute atomic E-state index is 11.8. The van der Waals surface area contributed by atoms with Crippen LogP contribution >= 0.6 is 0 Å². The minimum Gasteiger partial charge on any atom is -0.366 e. The Morgan fingerprint density at radius 3 is 2.77 bits per heavy atom. The summed E-state index contributed by atoms with van der Waals surface area (Å²) in [5.41, 5.74) is 0.668. The van der Waals surface area contributed by atoms with E-state index in [0.717, 1.165) is 29.8 Å². The van der Waals surface area contributed by atoms with Crippen molar-refractivity contribution in [2.75, 3.05) is 18.9 Å². The van der Waals surface area contributed by atoms with Gasteiger partial charge in [-0.1, -0.05) is 0 Å². The van der Waals surface area contributed by atoms with Gasteiger partial charge in [-0.3, -0.25) is 4.79 Å². The molecule has 1 aliphatic rings. The minimum absolute atomic E-state index is 0.111. The normalized spacial score (nSPS) is 19.7. The van der Waals surface area contributed by atoms with E-state index in [2.05, 4.69) is 41.2 Å². The van der Waals surface area contributed by atoms with Crippen LogP contribution in [0.2, 0.25) is 0 Å². The third-order valence-electron chi connectivity index (χ3n) is 4.00. The molecule has 118 valence electrons. The van der Waals surface area contributed by atoms with Gasteiger partial charge in [0.25, 0.3) is 0 Å². The fraction of sp³-hybridized carbons (Fsp3) is 0.600. The van der Waals surface area contributed by atoms with Crippen LogP contribution in [0, 0.1) is 0 Å². The van der Waals surface area contributed by atoms with Gasteiger partial charge in [0.1, 0.15) is 12.1 Å². The van der Waals surface area contributed by atoms with E-state index in [1.165, 1.54) is 0 Å². The van der Waals surface area contributed by atoms with Crippen LogP contribution in [0.25, 0.3) is 11.0 Å². The Morgan fingerprint density at radius 2 is 2.09 bits per heavy atom. The highest BCUT2D eigenvalue weighted by Gasteiger charge is 2.25. The maximum Gasteiger partial charge on any atom is 0.224 e. The summed E-state index contributed by atoms with van der Waals surface area (Å²) in [5.74, 6) is 0.919. The highest BCUT2D eigenvalue weighted by atomic mass is 16.2. The van der Waals surface area contributed by atoms with Gasteiger partial charge in [-0.05, 0) is 27.2 Å². The molecule has 1 saturated heterocycles. The summed E-state index contributed by atoms with van der Waals surface area (Å²) in [6.07, 6.45) is 4.75. The van der Waals surface area contributed by atoms with Crippen molar-refractivity contribution in [3.8, 4) is 0 Å². The zero-order valence-corrected chi connectivity index (χ0v) is 13.5. The van der Waals surface area contributed by atoms with Crippen molar-refractivity contribution in [1.82, 2.24) is 24.6 Å². The van der Waals surface area contributed by atoms with Crippen LogP contribution in [-0.4, -0.2) is 50.2 Å². The quantitative estimate of drug-likeness (QED) is 0.912. The first-order valence-electron chi connectivity index (χ1n) is 7.56. The second-order valence-electron chi connectivity index (χ2n) is 6.84. The van der Waals surface area contributed by atoms with Crippen LogP contribution in [0.3, 0.4) is 0 Å². The lowest BCUT2D eigenvalue weighted by Crippen LogP contribution is -2.41. The van der Waals surface area contributed by atoms with Crippen molar-refractivity contribution in [2.45, 2.75) is 45.2 Å². The summed E-state index contributed by atoms with van der Waals surface area (Å²) < 4.78 is 1.90. The molecule has 1 fully saturated rings. The topological polar surface area (TPSA) is 75.9 Å². The van der Waals surface area contributed by atoms with Crippen molar-refractivity contribution in [2.24, 2.45) is 0 Å². The molecule has 0 aromatic carbocycles. The average molecular weight is 302 g/mol. The molecule has 1 unspecified atom stereocenters. The molecule has 7 nitrogen and oxygen atoms in total. The number of anilines is 1. The largest absolute Gasteiger partial charge is 0.366 e. The second kappa shape index (κ2) is 5.23. The number of carbonyl (C=O) groups excluding carboxylic acids is 1. The van der Waals surface area contributed by atoms with Crippen LogP contribution < -0.4 is 5.32 Å². The maximum atomic E-state index is 11.8. The van der Waals surface area contributed by atoms with Crippen LogP contribution in [0.5, 0.6) is 0 Å². The van der Waals surface area contributed by atoms with E-state index in [0.29, 0.717) is 6.42 Å². The molecule has 0 bridgehead atoms. The van der Waals surface area contributed by atoms with Gasteiger partial charge in [-0.2, -0.15) is 5.10 Å². The average Bonchev–Trinajstić information content (AvgIpc) is 2.88. The number of nitrogens with zero attached hydrogens (tertiary/aromatic N) is 5. The number of likely N-dealkylation sites (tertiary alicyclic amines) is 1. The Labute approximate surface area is 129 Å². The van der Waals surface area contributed by atoms with Gasteiger partial charge in [0.05, 0.1) is 17.1 Å². The standard InChI is InChI=1S/C15H22N6O/c1-15(2,3)21-14-11(8-18-21)13(16-9-17-14)19-10-5-6-20(4)12(22)7-10/h8-10H,5-7H2,1-4H3,(H,16,17,19). The molecular weight excluding hydrogens is 280 g/mol. The number of hydrogen-bond acceptors (Lipinski definition) is 5. The number of rotatable bonds is 2. The van der Waals surface area contributed by atoms with Gasteiger partial charge in [0.2, 0.25) is 5.91 Å². The molecule has 0 radical (unpaired) electrons. The van der Waals surface area contributed by atoms with E-state index < -0.39 is 0 Å². The lowest BCUT2D eigenvalue weighted by Gasteiger charge is -2.29. The Bertz CT molecular complexity index is 702. The number of aromatic nitrogens is 4. The molecule has 1 amide bonds. The summed E-state index contributed by atoms with van der Waals surface area (Å²) >= 11 is 0. The van der Waals surface area contributed by atoms with E-state index in [1.807, 2.05) is 11.7 Å². The molecule has 1 atom stereocenters. The van der Waals surface area contributed by atoms with Crippen LogP contribution in [0.15, 0.2) is 12.5 Å². The number of amides is 1. The predicted octanol–water partition coefficient (Wildman–Crippen LogP) is 1.61. The van der Waals surface area contributed by atoms with Crippen LogP contribution in [0.1, 0.15) is 33.6 Å². The van der Waals surface area contributed by atoms with Crippen molar-refractivity contribution < 1.29 is 4.79 Å². The van der Waals surface area contributed by atoms with E-state index in [1.54, 1.807) is 17.4 Å². The zero-order valence-electron chi connectivity index (χ0n) is 13.5. The first-order chi connectivity index (χ1) is 10.4. The summed E-state index contributed by atoms with van der Waals surface area (Å²) in [5, 5.41) is 8.73. The SMILES string of the molecule is CN1CCC(Nc2ncnc3c2cnn3C(C)(C)C)CC1=O. The van der Waals surface area contributed by atoms with E-state index >= 15 is 0 Å². The summed E-state index contributed by atoms with van der Waals surface area (Å²) in [4.78, 5) is 22.3. The van der Waals surface area contributed by atoms with Gasteiger partial charge in [0.15, 0.2) is 5.65 Å². The molecule has 3 heterocycles. The van der Waals surface area contributed by atoms with E-state index in [-0.39, 0.29) is 17.5 Å². The molecule has 1 aliphatic heterocycles. The lowest BCUT2D eigenvalue weighted by molar-refractivity contribution is -0.132. The van der Waals surface area contributed by atoms with Crippen molar-refractivity contribution in [3.63, 3.8) is 0 Å².